The normalized spacial score (nSPS) is 19.2. The molecule has 134 valence electrons. The van der Waals surface area contributed by atoms with E-state index in [1.54, 1.807) is 4.90 Å². The molecule has 0 aromatic heterocycles. The molecule has 1 heterocycles. The maximum absolute atomic E-state index is 12.9. The van der Waals surface area contributed by atoms with Crippen LogP contribution in [0.25, 0.3) is 0 Å². The highest BCUT2D eigenvalue weighted by molar-refractivity contribution is 7.92. The minimum atomic E-state index is -5.41. The van der Waals surface area contributed by atoms with Gasteiger partial charge in [0.25, 0.3) is 9.84 Å². The Morgan fingerprint density at radius 3 is 2.62 bits per heavy atom. The Bertz CT molecular complexity index is 704. The van der Waals surface area contributed by atoms with Crippen molar-refractivity contribution in [3.05, 3.63) is 24.3 Å². The Balaban J connectivity index is 2.28. The van der Waals surface area contributed by atoms with Crippen LogP contribution in [0, 0.1) is 5.92 Å². The Kier molecular flexibility index (Phi) is 5.42. The van der Waals surface area contributed by atoms with Gasteiger partial charge in [-0.3, -0.25) is 4.79 Å². The molecule has 0 radical (unpaired) electrons. The number of piperidine rings is 1. The molecule has 1 unspecified atom stereocenters. The van der Waals surface area contributed by atoms with Crippen molar-refractivity contribution in [1.82, 2.24) is 5.32 Å². The predicted octanol–water partition coefficient (Wildman–Crippen LogP) is 2.33. The zero-order valence-electron chi connectivity index (χ0n) is 13.1. The molecule has 1 aliphatic heterocycles. The van der Waals surface area contributed by atoms with Gasteiger partial charge in [0, 0.05) is 26.6 Å². The molecule has 1 amide bonds. The summed E-state index contributed by atoms with van der Waals surface area (Å²) in [5.74, 6) is -0.114. The third kappa shape index (κ3) is 4.00. The van der Waals surface area contributed by atoms with E-state index < -0.39 is 20.2 Å². The minimum absolute atomic E-state index is 0.0577. The topological polar surface area (TPSA) is 66.5 Å². The average Bonchev–Trinajstić information content (AvgIpc) is 2.52. The number of hydrogen-bond donors (Lipinski definition) is 1. The first-order valence-electron chi connectivity index (χ1n) is 7.52. The number of anilines is 1. The molecule has 5 nitrogen and oxygen atoms in total. The van der Waals surface area contributed by atoms with E-state index in [9.17, 15) is 26.4 Å². The van der Waals surface area contributed by atoms with Gasteiger partial charge in [-0.05, 0) is 30.9 Å². The predicted molar refractivity (Wildman–Crippen MR) is 83.3 cm³/mol. The lowest BCUT2D eigenvalue weighted by molar-refractivity contribution is -0.119. The van der Waals surface area contributed by atoms with E-state index in [2.05, 4.69) is 5.32 Å². The Labute approximate surface area is 138 Å². The highest BCUT2D eigenvalue weighted by Gasteiger charge is 2.48. The van der Waals surface area contributed by atoms with Gasteiger partial charge in [0.1, 0.15) is 0 Å². The molecule has 2 rings (SSSR count). The number of hydrogen-bond acceptors (Lipinski definition) is 4. The Morgan fingerprint density at radius 1 is 1.33 bits per heavy atom. The molecule has 24 heavy (non-hydrogen) atoms. The maximum atomic E-state index is 12.9. The fourth-order valence-electron chi connectivity index (χ4n) is 2.81. The molecular formula is C15H19F3N2O3S. The van der Waals surface area contributed by atoms with Crippen molar-refractivity contribution < 1.29 is 26.4 Å². The van der Waals surface area contributed by atoms with Crippen molar-refractivity contribution in [2.45, 2.75) is 30.2 Å². The Hall–Kier alpha value is -1.77. The van der Waals surface area contributed by atoms with Crippen molar-refractivity contribution in [3.8, 4) is 0 Å². The number of para-hydroxylation sites is 1. The molecule has 9 heteroatoms. The van der Waals surface area contributed by atoms with Crippen LogP contribution in [0.4, 0.5) is 18.9 Å². The summed E-state index contributed by atoms with van der Waals surface area (Å²) in [6.45, 7) is 2.68. The first kappa shape index (κ1) is 18.6. The van der Waals surface area contributed by atoms with Crippen molar-refractivity contribution in [2.75, 3.05) is 24.5 Å². The lowest BCUT2D eigenvalue weighted by atomic mass is 9.97. The van der Waals surface area contributed by atoms with E-state index in [4.69, 9.17) is 0 Å². The second-order valence-corrected chi connectivity index (χ2v) is 7.72. The van der Waals surface area contributed by atoms with Gasteiger partial charge < -0.3 is 10.2 Å². The standard InChI is InChI=1S/C15H19F3N2O3S/c1-11(21)19-9-12-5-4-8-20(10-12)13-6-2-3-7-14(13)24(22,23)15(16,17)18/h2-3,6-7,12H,4-5,8-10H2,1H3,(H,19,21). The van der Waals surface area contributed by atoms with Crippen LogP contribution in [0.15, 0.2) is 29.2 Å². The summed E-state index contributed by atoms with van der Waals surface area (Å²) in [5, 5.41) is 2.69. The summed E-state index contributed by atoms with van der Waals surface area (Å²) in [6, 6.07) is 5.16. The molecular weight excluding hydrogens is 345 g/mol. The van der Waals surface area contributed by atoms with Crippen LogP contribution in [0.5, 0.6) is 0 Å². The molecule has 1 saturated heterocycles. The first-order valence-corrected chi connectivity index (χ1v) is 9.01. The molecule has 1 fully saturated rings. The van der Waals surface area contributed by atoms with E-state index >= 15 is 0 Å². The van der Waals surface area contributed by atoms with Crippen molar-refractivity contribution >= 4 is 21.4 Å². The van der Waals surface area contributed by atoms with E-state index in [1.807, 2.05) is 0 Å². The summed E-state index contributed by atoms with van der Waals surface area (Å²) >= 11 is 0. The van der Waals surface area contributed by atoms with Gasteiger partial charge in [-0.1, -0.05) is 12.1 Å². The summed E-state index contributed by atoms with van der Waals surface area (Å²) in [4.78, 5) is 11.9. The summed E-state index contributed by atoms with van der Waals surface area (Å²) in [6.07, 6.45) is 1.54. The molecule has 1 N–H and O–H groups in total. The van der Waals surface area contributed by atoms with Gasteiger partial charge in [-0.25, -0.2) is 8.42 Å². The van der Waals surface area contributed by atoms with Crippen LogP contribution in [-0.2, 0) is 14.6 Å². The van der Waals surface area contributed by atoms with Crippen molar-refractivity contribution in [3.63, 3.8) is 0 Å². The van der Waals surface area contributed by atoms with E-state index in [1.165, 1.54) is 25.1 Å². The number of benzene rings is 1. The molecule has 1 aromatic carbocycles. The molecule has 1 atom stereocenters. The van der Waals surface area contributed by atoms with Gasteiger partial charge in [-0.15, -0.1) is 0 Å². The Morgan fingerprint density at radius 2 is 2.00 bits per heavy atom. The van der Waals surface area contributed by atoms with Gasteiger partial charge in [-0.2, -0.15) is 13.2 Å². The molecule has 0 spiro atoms. The largest absolute Gasteiger partial charge is 0.501 e. The van der Waals surface area contributed by atoms with Gasteiger partial charge in [0.15, 0.2) is 0 Å². The molecule has 1 aliphatic rings. The number of halogens is 3. The smallest absolute Gasteiger partial charge is 0.370 e. The van der Waals surface area contributed by atoms with Crippen molar-refractivity contribution in [1.29, 1.82) is 0 Å². The van der Waals surface area contributed by atoms with Gasteiger partial charge in [0.05, 0.1) is 10.6 Å². The third-order valence-electron chi connectivity index (χ3n) is 3.96. The molecule has 0 aliphatic carbocycles. The SMILES string of the molecule is CC(=O)NCC1CCCN(c2ccccc2S(=O)(=O)C(F)(F)F)C1. The van der Waals surface area contributed by atoms with E-state index in [0.29, 0.717) is 26.1 Å². The number of sulfone groups is 1. The van der Waals surface area contributed by atoms with Gasteiger partial charge >= 0.3 is 5.51 Å². The number of carbonyl (C=O) groups is 1. The quantitative estimate of drug-likeness (QED) is 0.891. The lowest BCUT2D eigenvalue weighted by Gasteiger charge is -2.35. The molecule has 0 saturated carbocycles. The maximum Gasteiger partial charge on any atom is 0.501 e. The zero-order chi connectivity index (χ0) is 18.0. The van der Waals surface area contributed by atoms with Crippen LogP contribution < -0.4 is 10.2 Å². The van der Waals surface area contributed by atoms with Gasteiger partial charge in [0.2, 0.25) is 5.91 Å². The number of rotatable bonds is 4. The zero-order valence-corrected chi connectivity index (χ0v) is 14.0. The van der Waals surface area contributed by atoms with Crippen LogP contribution >= 0.6 is 0 Å². The lowest BCUT2D eigenvalue weighted by Crippen LogP contribution is -2.41. The molecule has 1 aromatic rings. The van der Waals surface area contributed by atoms with Crippen LogP contribution in [0.2, 0.25) is 0 Å². The number of amides is 1. The second-order valence-electron chi connectivity index (χ2n) is 5.81. The number of carbonyl (C=O) groups excluding carboxylic acids is 1. The summed E-state index contributed by atoms with van der Waals surface area (Å²) < 4.78 is 62.3. The minimum Gasteiger partial charge on any atom is -0.370 e. The molecule has 0 bridgehead atoms. The fourth-order valence-corrected chi connectivity index (χ4v) is 3.79. The fraction of sp³-hybridized carbons (Fsp3) is 0.533. The summed E-state index contributed by atoms with van der Waals surface area (Å²) in [7, 11) is -5.41. The monoisotopic (exact) mass is 364 g/mol. The third-order valence-corrected chi connectivity index (χ3v) is 5.49. The van der Waals surface area contributed by atoms with Crippen molar-refractivity contribution in [2.24, 2.45) is 5.92 Å². The number of alkyl halides is 3. The van der Waals surface area contributed by atoms with E-state index in [0.717, 1.165) is 12.5 Å². The highest BCUT2D eigenvalue weighted by Crippen LogP contribution is 2.36. The second kappa shape index (κ2) is 7.00. The first-order chi connectivity index (χ1) is 11.1. The summed E-state index contributed by atoms with van der Waals surface area (Å²) in [5.41, 5.74) is -5.28. The highest BCUT2D eigenvalue weighted by atomic mass is 32.2. The average molecular weight is 364 g/mol. The van der Waals surface area contributed by atoms with Crippen LogP contribution in [0.1, 0.15) is 19.8 Å². The van der Waals surface area contributed by atoms with Crippen LogP contribution in [0.3, 0.4) is 0 Å². The number of nitrogens with one attached hydrogen (secondary N) is 1. The van der Waals surface area contributed by atoms with E-state index in [-0.39, 0.29) is 17.5 Å². The number of nitrogens with zero attached hydrogens (tertiary/aromatic N) is 1. The van der Waals surface area contributed by atoms with Crippen LogP contribution in [-0.4, -0.2) is 39.5 Å².